The van der Waals surface area contributed by atoms with E-state index in [0.29, 0.717) is 37.1 Å². The van der Waals surface area contributed by atoms with Crippen LogP contribution in [0.25, 0.3) is 0 Å². The molecule has 13 nitrogen and oxygen atoms in total. The van der Waals surface area contributed by atoms with Gasteiger partial charge in [-0.2, -0.15) is 0 Å². The highest BCUT2D eigenvalue weighted by Crippen LogP contribution is 2.52. The number of benzene rings is 1. The Morgan fingerprint density at radius 2 is 1.92 bits per heavy atom. The number of carbonyl (C=O) groups excluding carboxylic acids is 3. The molecular weight excluding hydrogens is 816 g/mol. The fourth-order valence-electron chi connectivity index (χ4n) is 8.18. The van der Waals surface area contributed by atoms with Gasteiger partial charge in [0.1, 0.15) is 45.6 Å². The van der Waals surface area contributed by atoms with E-state index in [-0.39, 0.29) is 41.2 Å². The van der Waals surface area contributed by atoms with Gasteiger partial charge in [-0.3, -0.25) is 19.8 Å². The van der Waals surface area contributed by atoms with E-state index >= 15 is 0 Å². The van der Waals surface area contributed by atoms with Crippen LogP contribution in [-0.4, -0.2) is 113 Å². The summed E-state index contributed by atoms with van der Waals surface area (Å²) in [7, 11) is 9.62. The lowest BCUT2D eigenvalue weighted by atomic mass is 9.67. The number of anilines is 1. The van der Waals surface area contributed by atoms with Gasteiger partial charge in [0.2, 0.25) is 5.91 Å². The first-order chi connectivity index (χ1) is 27.8. The van der Waals surface area contributed by atoms with Crippen LogP contribution < -0.4 is 15.0 Å². The van der Waals surface area contributed by atoms with Crippen LogP contribution >= 0.6 is 33.2 Å². The second kappa shape index (κ2) is 19.7. The Hall–Kier alpha value is -3.15. The molecular formula is C43H59ClN4O9S2. The summed E-state index contributed by atoms with van der Waals surface area (Å²) in [6.07, 6.45) is 5.36. The zero-order chi connectivity index (χ0) is 43.3. The number of likely N-dealkylation sites (N-methyl/N-ethyl adjacent to an activating group) is 1. The number of aromatic nitrogens is 1. The van der Waals surface area contributed by atoms with Crippen molar-refractivity contribution in [2.24, 2.45) is 5.92 Å². The molecule has 2 fully saturated rings. The number of fused-ring (bicyclic) bond motifs is 6. The van der Waals surface area contributed by atoms with Gasteiger partial charge >= 0.3 is 6.09 Å². The molecule has 0 radical (unpaired) electrons. The van der Waals surface area contributed by atoms with Crippen LogP contribution in [0.3, 0.4) is 0 Å². The van der Waals surface area contributed by atoms with E-state index < -0.39 is 53.4 Å². The monoisotopic (exact) mass is 874 g/mol. The van der Waals surface area contributed by atoms with Crippen molar-refractivity contribution >= 4 is 56.7 Å². The van der Waals surface area contributed by atoms with Crippen molar-refractivity contribution in [2.75, 3.05) is 33.2 Å². The predicted molar refractivity (Wildman–Crippen MR) is 232 cm³/mol. The Morgan fingerprint density at radius 3 is 2.58 bits per heavy atom. The largest absolute Gasteiger partial charge is 0.495 e. The normalized spacial score (nSPS) is 30.6. The summed E-state index contributed by atoms with van der Waals surface area (Å²) in [5.74, 6) is -0.687. The molecule has 3 unspecified atom stereocenters. The highest BCUT2D eigenvalue weighted by molar-refractivity contribution is 8.76. The van der Waals surface area contributed by atoms with E-state index in [4.69, 9.17) is 30.5 Å². The number of methoxy groups -OCH3 is 2. The molecule has 0 spiro atoms. The van der Waals surface area contributed by atoms with E-state index in [1.807, 2.05) is 50.3 Å². The standard InChI is InChI=1S/C43H59ClN4O9S2/c1-26-13-12-14-34(55-9)43(53)24-35(56-40(52)46-43)42(5)25-41(4,57-42)30(23-38(51)48(7)31-20-29(19-26)21-33(54-8)39(31)44)22-32(49)28(3)47(6)37(50)17-16-27(2)58-59-36-15-10-11-18-45-36/h10-15,18,20-21,27-28,30,34-35,37,50,53H,16-17,19,22-25H2,1-9H3,(H,46,52)/b14-12+,26-13+/t27?,28-,30-,34+,35-,37?,41+,42?,43-/m0/s1. The second-order valence-electron chi connectivity index (χ2n) is 16.5. The van der Waals surface area contributed by atoms with Crippen LogP contribution in [0.2, 0.25) is 5.02 Å². The van der Waals surface area contributed by atoms with Crippen molar-refractivity contribution < 1.29 is 43.5 Å². The second-order valence-corrected chi connectivity index (χ2v) is 19.5. The number of allylic oxidation sites excluding steroid dienone is 3. The van der Waals surface area contributed by atoms with Gasteiger partial charge in [0, 0.05) is 57.2 Å². The quantitative estimate of drug-likeness (QED) is 0.138. The molecule has 4 aliphatic rings. The highest BCUT2D eigenvalue weighted by atomic mass is 35.5. The van der Waals surface area contributed by atoms with Crippen LogP contribution in [0.15, 0.2) is 65.4 Å². The van der Waals surface area contributed by atoms with Gasteiger partial charge in [-0.05, 0) is 94.6 Å². The molecule has 4 aliphatic heterocycles. The Kier molecular flexibility index (Phi) is 15.7. The number of carbonyl (C=O) groups is 3. The predicted octanol–water partition coefficient (Wildman–Crippen LogP) is 7.12. The Balaban J connectivity index is 1.40. The van der Waals surface area contributed by atoms with Gasteiger partial charge in [-0.25, -0.2) is 9.78 Å². The molecule has 1 aromatic carbocycles. The summed E-state index contributed by atoms with van der Waals surface area (Å²) in [4.78, 5) is 49.0. The Morgan fingerprint density at radius 1 is 1.19 bits per heavy atom. The van der Waals surface area contributed by atoms with Crippen LogP contribution in [0, 0.1) is 5.92 Å². The summed E-state index contributed by atoms with van der Waals surface area (Å²) in [6, 6.07) is 8.77. The fourth-order valence-corrected chi connectivity index (χ4v) is 10.6. The molecule has 6 bridgehead atoms. The highest BCUT2D eigenvalue weighted by Gasteiger charge is 2.62. The first-order valence-electron chi connectivity index (χ1n) is 19.9. The number of rotatable bonds is 13. The number of nitrogens with one attached hydrogen (secondary N) is 1. The van der Waals surface area contributed by atoms with Crippen LogP contribution in [0.1, 0.15) is 78.7 Å². The number of halogens is 1. The molecule has 0 saturated carbocycles. The fraction of sp³-hybridized carbons (Fsp3) is 0.581. The summed E-state index contributed by atoms with van der Waals surface area (Å²) >= 11 is 6.83. The van der Waals surface area contributed by atoms with Gasteiger partial charge in [0.05, 0.1) is 24.4 Å². The molecule has 1 aromatic heterocycles. The number of amides is 2. The first kappa shape index (κ1) is 46.9. The number of alkyl carbamates (subject to hydrolysis) is 1. The number of ketones is 1. The number of aliphatic hydroxyl groups is 2. The topological polar surface area (TPSA) is 160 Å². The number of pyridine rings is 1. The number of nitrogens with zero attached hydrogens (tertiary/aromatic N) is 3. The third-order valence-electron chi connectivity index (χ3n) is 11.9. The average molecular weight is 876 g/mol. The van der Waals surface area contributed by atoms with Crippen LogP contribution in [0.5, 0.6) is 5.75 Å². The summed E-state index contributed by atoms with van der Waals surface area (Å²) in [5.41, 5.74) is -1.66. The third kappa shape index (κ3) is 11.2. The minimum atomic E-state index is -1.82. The summed E-state index contributed by atoms with van der Waals surface area (Å²) in [6.45, 7) is 9.46. The molecule has 0 aliphatic carbocycles. The number of hydrogen-bond donors (Lipinski definition) is 3. The van der Waals surface area contributed by atoms with E-state index in [0.717, 1.165) is 16.2 Å². The van der Waals surface area contributed by atoms with E-state index in [1.165, 1.54) is 19.1 Å². The van der Waals surface area contributed by atoms with Crippen molar-refractivity contribution in [3.05, 3.63) is 70.9 Å². The number of ether oxygens (including phenoxy) is 4. The van der Waals surface area contributed by atoms with Crippen molar-refractivity contribution in [3.8, 4) is 5.75 Å². The van der Waals surface area contributed by atoms with E-state index in [9.17, 15) is 24.6 Å². The van der Waals surface area contributed by atoms with Crippen molar-refractivity contribution in [3.63, 3.8) is 0 Å². The maximum absolute atomic E-state index is 14.3. The van der Waals surface area contributed by atoms with Crippen LogP contribution in [-0.2, 0) is 30.2 Å². The maximum Gasteiger partial charge on any atom is 0.409 e. The molecule has 2 amide bonds. The SMILES string of the molecule is COc1cc2cc(c1Cl)N(C)C(=O)C[C@H](CC(=O)[C@H](C)N(C)C(O)CCC(C)SSc1ccccn1)[C@@]1(C)CC(C)(O1)[C@@H]1C[C@@](O)(NC(=O)O1)[C@H](OC)/C=C/C=C(\C)C2. The number of Topliss-reactive ketones (excluding diaryl/α,β-unsaturated/α-hetero) is 1. The average Bonchev–Trinajstić information content (AvgIpc) is 3.19. The van der Waals surface area contributed by atoms with E-state index in [1.54, 1.807) is 72.8 Å². The maximum atomic E-state index is 14.3. The molecule has 59 heavy (non-hydrogen) atoms. The van der Waals surface area contributed by atoms with Crippen LogP contribution in [0.4, 0.5) is 10.5 Å². The smallest absolute Gasteiger partial charge is 0.409 e. The van der Waals surface area contributed by atoms with Gasteiger partial charge in [-0.1, -0.05) is 59.2 Å². The molecule has 3 N–H and O–H groups in total. The van der Waals surface area contributed by atoms with Gasteiger partial charge in [0.15, 0.2) is 5.72 Å². The zero-order valence-corrected chi connectivity index (χ0v) is 37.8. The minimum Gasteiger partial charge on any atom is -0.495 e. The molecule has 9 atom stereocenters. The van der Waals surface area contributed by atoms with Gasteiger partial charge < -0.3 is 34.1 Å². The summed E-state index contributed by atoms with van der Waals surface area (Å²) < 4.78 is 23.8. The lowest BCUT2D eigenvalue weighted by molar-refractivity contribution is -0.319. The Bertz CT molecular complexity index is 1880. The number of aliphatic hydroxyl groups excluding tert-OH is 1. The van der Waals surface area contributed by atoms with E-state index in [2.05, 4.69) is 17.2 Å². The lowest BCUT2D eigenvalue weighted by Gasteiger charge is -2.60. The van der Waals surface area contributed by atoms with Crippen molar-refractivity contribution in [2.45, 2.75) is 131 Å². The van der Waals surface area contributed by atoms with Crippen molar-refractivity contribution in [1.29, 1.82) is 0 Å². The van der Waals surface area contributed by atoms with Gasteiger partial charge in [0.25, 0.3) is 0 Å². The Labute approximate surface area is 361 Å². The van der Waals surface area contributed by atoms with Crippen molar-refractivity contribution in [1.82, 2.24) is 15.2 Å². The molecule has 6 rings (SSSR count). The van der Waals surface area contributed by atoms with Gasteiger partial charge in [-0.15, -0.1) is 0 Å². The first-order valence-corrected chi connectivity index (χ1v) is 22.5. The number of hydrogen-bond acceptors (Lipinski definition) is 13. The lowest BCUT2D eigenvalue weighted by Crippen LogP contribution is -2.71. The molecule has 2 aromatic rings. The molecule has 16 heteroatoms. The molecule has 324 valence electrons. The summed E-state index contributed by atoms with van der Waals surface area (Å²) in [5, 5.41) is 27.0. The molecule has 2 saturated heterocycles. The minimum absolute atomic E-state index is 0.0368. The zero-order valence-electron chi connectivity index (χ0n) is 35.4. The third-order valence-corrected chi connectivity index (χ3v) is 15.1. The molecule has 5 heterocycles.